The van der Waals surface area contributed by atoms with Crippen LogP contribution in [-0.2, 0) is 9.53 Å². The minimum absolute atomic E-state index is 0.0354. The minimum atomic E-state index is -0.492. The van der Waals surface area contributed by atoms with E-state index in [1.807, 2.05) is 30.9 Å². The molecule has 1 amide bonds. The molecule has 126 valence electrons. The highest BCUT2D eigenvalue weighted by Gasteiger charge is 2.40. The minimum Gasteiger partial charge on any atom is -0.481 e. The average Bonchev–Trinajstić information content (AvgIpc) is 2.98. The highest BCUT2D eigenvalue weighted by atomic mass is 35.5. The van der Waals surface area contributed by atoms with E-state index < -0.39 is 6.10 Å². The van der Waals surface area contributed by atoms with Crippen molar-refractivity contribution in [2.24, 2.45) is 0 Å². The number of rotatable bonds is 3. The van der Waals surface area contributed by atoms with Crippen LogP contribution in [0.5, 0.6) is 5.75 Å². The molecule has 3 rings (SSSR count). The smallest absolute Gasteiger partial charge is 0.263 e. The van der Waals surface area contributed by atoms with Crippen molar-refractivity contribution in [2.75, 3.05) is 19.7 Å². The van der Waals surface area contributed by atoms with Crippen molar-refractivity contribution >= 4 is 17.5 Å². The number of hydrogen-bond acceptors (Lipinski definition) is 3. The molecule has 1 spiro atoms. The van der Waals surface area contributed by atoms with Crippen molar-refractivity contribution in [2.45, 2.75) is 51.2 Å². The van der Waals surface area contributed by atoms with Gasteiger partial charge in [0.2, 0.25) is 0 Å². The van der Waals surface area contributed by atoms with Crippen LogP contribution in [0, 0.1) is 6.92 Å². The molecule has 2 fully saturated rings. The summed E-state index contributed by atoms with van der Waals surface area (Å²) in [4.78, 5) is 14.5. The Bertz CT molecular complexity index is 574. The largest absolute Gasteiger partial charge is 0.481 e. The highest BCUT2D eigenvalue weighted by Crippen LogP contribution is 2.35. The summed E-state index contributed by atoms with van der Waals surface area (Å²) in [5.74, 6) is 0.759. The monoisotopic (exact) mass is 337 g/mol. The quantitative estimate of drug-likeness (QED) is 0.846. The Morgan fingerprint density at radius 1 is 1.35 bits per heavy atom. The molecule has 1 aromatic rings. The number of nitrogens with zero attached hydrogens (tertiary/aromatic N) is 1. The number of benzene rings is 1. The fraction of sp³-hybridized carbons (Fsp3) is 0.611. The number of carbonyl (C=O) groups excluding carboxylic acids is 1. The Morgan fingerprint density at radius 2 is 2.09 bits per heavy atom. The normalized spacial score (nSPS) is 21.4. The molecule has 2 aliphatic rings. The zero-order chi connectivity index (χ0) is 16.4. The Labute approximate surface area is 142 Å². The summed E-state index contributed by atoms with van der Waals surface area (Å²) in [7, 11) is 0. The molecule has 2 heterocycles. The third kappa shape index (κ3) is 3.64. The highest BCUT2D eigenvalue weighted by molar-refractivity contribution is 6.30. The number of amides is 1. The number of piperidine rings is 1. The number of likely N-dealkylation sites (tertiary alicyclic amines) is 1. The molecule has 0 aliphatic carbocycles. The maximum absolute atomic E-state index is 12.6. The lowest BCUT2D eigenvalue weighted by atomic mass is 9.88. The van der Waals surface area contributed by atoms with Gasteiger partial charge in [-0.25, -0.2) is 0 Å². The molecule has 0 bridgehead atoms. The SMILES string of the molecule is Cc1cc(Cl)ccc1O[C@@H](C)C(=O)N1CCC2(CCCO2)CC1. The molecule has 1 atom stereocenters. The van der Waals surface area contributed by atoms with E-state index in [0.717, 1.165) is 50.9 Å². The molecule has 4 nitrogen and oxygen atoms in total. The van der Waals surface area contributed by atoms with Gasteiger partial charge in [-0.15, -0.1) is 0 Å². The fourth-order valence-corrected chi connectivity index (χ4v) is 3.75. The molecular weight excluding hydrogens is 314 g/mol. The zero-order valence-electron chi connectivity index (χ0n) is 13.8. The van der Waals surface area contributed by atoms with Gasteiger partial charge < -0.3 is 14.4 Å². The van der Waals surface area contributed by atoms with Crippen molar-refractivity contribution in [3.8, 4) is 5.75 Å². The molecule has 0 radical (unpaired) electrons. The maximum Gasteiger partial charge on any atom is 0.263 e. The van der Waals surface area contributed by atoms with Gasteiger partial charge in [0.25, 0.3) is 5.91 Å². The third-order valence-electron chi connectivity index (χ3n) is 4.96. The first-order valence-corrected chi connectivity index (χ1v) is 8.72. The summed E-state index contributed by atoms with van der Waals surface area (Å²) >= 11 is 5.95. The topological polar surface area (TPSA) is 38.8 Å². The van der Waals surface area contributed by atoms with Crippen LogP contribution in [0.3, 0.4) is 0 Å². The predicted octanol–water partition coefficient (Wildman–Crippen LogP) is 3.59. The second-order valence-corrected chi connectivity index (χ2v) is 7.07. The second kappa shape index (κ2) is 6.70. The number of halogens is 1. The molecule has 23 heavy (non-hydrogen) atoms. The first-order valence-electron chi connectivity index (χ1n) is 8.35. The van der Waals surface area contributed by atoms with Crippen molar-refractivity contribution in [3.05, 3.63) is 28.8 Å². The Balaban J connectivity index is 1.57. The maximum atomic E-state index is 12.6. The number of carbonyl (C=O) groups is 1. The summed E-state index contributed by atoms with van der Waals surface area (Å²) < 4.78 is 11.8. The van der Waals surface area contributed by atoms with E-state index in [1.165, 1.54) is 0 Å². The molecule has 1 aromatic carbocycles. The van der Waals surface area contributed by atoms with Crippen LogP contribution in [0.2, 0.25) is 5.02 Å². The van der Waals surface area contributed by atoms with Crippen molar-refractivity contribution in [3.63, 3.8) is 0 Å². The van der Waals surface area contributed by atoms with Crippen LogP contribution < -0.4 is 4.74 Å². The first kappa shape index (κ1) is 16.6. The zero-order valence-corrected chi connectivity index (χ0v) is 14.6. The van der Waals surface area contributed by atoms with E-state index in [4.69, 9.17) is 21.1 Å². The molecule has 5 heteroatoms. The van der Waals surface area contributed by atoms with E-state index in [9.17, 15) is 4.79 Å². The van der Waals surface area contributed by atoms with Gasteiger partial charge in [0.05, 0.1) is 5.60 Å². The number of hydrogen-bond donors (Lipinski definition) is 0. The first-order chi connectivity index (χ1) is 11.0. The van der Waals surface area contributed by atoms with Gasteiger partial charge in [-0.1, -0.05) is 11.6 Å². The third-order valence-corrected chi connectivity index (χ3v) is 5.19. The number of ether oxygens (including phenoxy) is 2. The molecular formula is C18H24ClNO3. The van der Waals surface area contributed by atoms with E-state index in [1.54, 1.807) is 6.07 Å². The lowest BCUT2D eigenvalue weighted by molar-refractivity contribution is -0.142. The summed E-state index contributed by atoms with van der Waals surface area (Å²) in [6.07, 6.45) is 3.65. The molecule has 0 unspecified atom stereocenters. The predicted molar refractivity (Wildman–Crippen MR) is 90.0 cm³/mol. The Morgan fingerprint density at radius 3 is 2.70 bits per heavy atom. The van der Waals surface area contributed by atoms with Crippen LogP contribution in [0.1, 0.15) is 38.2 Å². The van der Waals surface area contributed by atoms with Gasteiger partial charge in [-0.2, -0.15) is 0 Å². The van der Waals surface area contributed by atoms with E-state index in [-0.39, 0.29) is 11.5 Å². The second-order valence-electron chi connectivity index (χ2n) is 6.63. The summed E-state index contributed by atoms with van der Waals surface area (Å²) in [6.45, 7) is 6.12. The van der Waals surface area contributed by atoms with Gasteiger partial charge in [-0.05, 0) is 63.3 Å². The van der Waals surface area contributed by atoms with E-state index in [2.05, 4.69) is 0 Å². The van der Waals surface area contributed by atoms with Gasteiger partial charge in [0.1, 0.15) is 5.75 Å². The van der Waals surface area contributed by atoms with Crippen molar-refractivity contribution in [1.82, 2.24) is 4.90 Å². The lowest BCUT2D eigenvalue weighted by Crippen LogP contribution is -2.49. The summed E-state index contributed by atoms with van der Waals surface area (Å²) in [5.41, 5.74) is 0.974. The van der Waals surface area contributed by atoms with Crippen LogP contribution in [0.25, 0.3) is 0 Å². The molecule has 2 saturated heterocycles. The van der Waals surface area contributed by atoms with Crippen molar-refractivity contribution in [1.29, 1.82) is 0 Å². The summed E-state index contributed by atoms with van der Waals surface area (Å²) in [6, 6.07) is 5.44. The van der Waals surface area contributed by atoms with Gasteiger partial charge in [0, 0.05) is 24.7 Å². The summed E-state index contributed by atoms with van der Waals surface area (Å²) in [5, 5.41) is 0.673. The Kier molecular flexibility index (Phi) is 4.83. The molecule has 2 aliphatic heterocycles. The van der Waals surface area contributed by atoms with E-state index in [0.29, 0.717) is 10.8 Å². The average molecular weight is 338 g/mol. The Hall–Kier alpha value is -1.26. The molecule has 0 saturated carbocycles. The molecule has 0 N–H and O–H groups in total. The lowest BCUT2D eigenvalue weighted by Gasteiger charge is -2.39. The standard InChI is InChI=1S/C18H24ClNO3/c1-13-12-15(19)4-5-16(13)23-14(2)17(21)20-9-7-18(8-10-20)6-3-11-22-18/h4-5,12,14H,3,6-11H2,1-2H3/t14-/m0/s1. The molecule has 0 aromatic heterocycles. The van der Waals surface area contributed by atoms with Gasteiger partial charge in [-0.3, -0.25) is 4.79 Å². The fourth-order valence-electron chi connectivity index (χ4n) is 3.53. The van der Waals surface area contributed by atoms with E-state index >= 15 is 0 Å². The number of aryl methyl sites for hydroxylation is 1. The van der Waals surface area contributed by atoms with Crippen LogP contribution >= 0.6 is 11.6 Å². The van der Waals surface area contributed by atoms with Gasteiger partial charge in [0.15, 0.2) is 6.10 Å². The van der Waals surface area contributed by atoms with Gasteiger partial charge >= 0.3 is 0 Å². The van der Waals surface area contributed by atoms with Crippen LogP contribution in [0.4, 0.5) is 0 Å². The van der Waals surface area contributed by atoms with Crippen LogP contribution in [-0.4, -0.2) is 42.2 Å². The van der Waals surface area contributed by atoms with Crippen LogP contribution in [0.15, 0.2) is 18.2 Å². The van der Waals surface area contributed by atoms with Crippen molar-refractivity contribution < 1.29 is 14.3 Å².